The van der Waals surface area contributed by atoms with Crippen LogP contribution in [-0.2, 0) is 4.79 Å². The molecule has 0 saturated heterocycles. The molecular formula is C16H18N2O2. The molecule has 0 bridgehead atoms. The number of anilines is 1. The maximum atomic E-state index is 12.1. The SMILES string of the molecule is Cc1ccnc(NC(=O)[C@H](C)Oc2ccccc2C)c1. The number of hydrogen-bond donors (Lipinski definition) is 1. The van der Waals surface area contributed by atoms with Gasteiger partial charge in [0.15, 0.2) is 6.10 Å². The Morgan fingerprint density at radius 2 is 2.00 bits per heavy atom. The third-order valence-corrected chi connectivity index (χ3v) is 2.93. The van der Waals surface area contributed by atoms with Crippen LogP contribution in [0.3, 0.4) is 0 Å². The number of aromatic nitrogens is 1. The van der Waals surface area contributed by atoms with Gasteiger partial charge in [-0.1, -0.05) is 18.2 Å². The van der Waals surface area contributed by atoms with Crippen molar-refractivity contribution in [3.8, 4) is 5.75 Å². The van der Waals surface area contributed by atoms with E-state index < -0.39 is 6.10 Å². The number of nitrogens with zero attached hydrogens (tertiary/aromatic N) is 1. The van der Waals surface area contributed by atoms with Crippen molar-refractivity contribution in [1.82, 2.24) is 4.98 Å². The summed E-state index contributed by atoms with van der Waals surface area (Å²) >= 11 is 0. The number of rotatable bonds is 4. The first kappa shape index (κ1) is 14.1. The Kier molecular flexibility index (Phi) is 4.35. The highest BCUT2D eigenvalue weighted by Gasteiger charge is 2.16. The quantitative estimate of drug-likeness (QED) is 0.928. The number of pyridine rings is 1. The summed E-state index contributed by atoms with van der Waals surface area (Å²) in [4.78, 5) is 16.2. The summed E-state index contributed by atoms with van der Waals surface area (Å²) in [5, 5.41) is 2.75. The van der Waals surface area contributed by atoms with E-state index in [9.17, 15) is 4.79 Å². The van der Waals surface area contributed by atoms with E-state index in [1.807, 2.05) is 50.2 Å². The van der Waals surface area contributed by atoms with E-state index in [-0.39, 0.29) is 5.91 Å². The molecule has 0 aliphatic rings. The summed E-state index contributed by atoms with van der Waals surface area (Å²) in [5.74, 6) is 1.04. The van der Waals surface area contributed by atoms with Gasteiger partial charge in [0.25, 0.3) is 5.91 Å². The van der Waals surface area contributed by atoms with Crippen LogP contribution in [0.4, 0.5) is 5.82 Å². The number of para-hydroxylation sites is 1. The zero-order valence-corrected chi connectivity index (χ0v) is 11.9. The molecule has 1 atom stereocenters. The summed E-state index contributed by atoms with van der Waals surface area (Å²) in [5.41, 5.74) is 2.05. The zero-order chi connectivity index (χ0) is 14.5. The number of carbonyl (C=O) groups excluding carboxylic acids is 1. The number of aryl methyl sites for hydroxylation is 2. The molecule has 0 unspecified atom stereocenters. The van der Waals surface area contributed by atoms with E-state index >= 15 is 0 Å². The third kappa shape index (κ3) is 3.57. The van der Waals surface area contributed by atoms with E-state index in [1.165, 1.54) is 0 Å². The lowest BCUT2D eigenvalue weighted by Crippen LogP contribution is -2.30. The van der Waals surface area contributed by atoms with Crippen LogP contribution in [0.5, 0.6) is 5.75 Å². The molecule has 0 radical (unpaired) electrons. The molecule has 1 N–H and O–H groups in total. The van der Waals surface area contributed by atoms with Crippen LogP contribution in [0.2, 0.25) is 0 Å². The van der Waals surface area contributed by atoms with Crippen LogP contribution < -0.4 is 10.1 Å². The summed E-state index contributed by atoms with van der Waals surface area (Å²) in [6.07, 6.45) is 1.08. The van der Waals surface area contributed by atoms with Crippen molar-refractivity contribution in [2.75, 3.05) is 5.32 Å². The molecule has 0 saturated carbocycles. The fourth-order valence-corrected chi connectivity index (χ4v) is 1.77. The van der Waals surface area contributed by atoms with Gasteiger partial charge in [-0.25, -0.2) is 4.98 Å². The summed E-state index contributed by atoms with van der Waals surface area (Å²) in [7, 11) is 0. The van der Waals surface area contributed by atoms with Gasteiger partial charge in [0.2, 0.25) is 0 Å². The Labute approximate surface area is 118 Å². The number of hydrogen-bond acceptors (Lipinski definition) is 3. The normalized spacial score (nSPS) is 11.8. The number of carbonyl (C=O) groups is 1. The molecule has 0 fully saturated rings. The van der Waals surface area contributed by atoms with Crippen LogP contribution in [-0.4, -0.2) is 17.0 Å². The largest absolute Gasteiger partial charge is 0.481 e. The zero-order valence-electron chi connectivity index (χ0n) is 11.9. The molecule has 1 aromatic carbocycles. The van der Waals surface area contributed by atoms with Gasteiger partial charge in [-0.05, 0) is 50.1 Å². The Balaban J connectivity index is 2.01. The average molecular weight is 270 g/mol. The number of ether oxygens (including phenoxy) is 1. The Hall–Kier alpha value is -2.36. The molecule has 1 aromatic heterocycles. The van der Waals surface area contributed by atoms with Gasteiger partial charge in [-0.2, -0.15) is 0 Å². The summed E-state index contributed by atoms with van der Waals surface area (Å²) in [6.45, 7) is 5.62. The average Bonchev–Trinajstić information content (AvgIpc) is 2.41. The number of amides is 1. The van der Waals surface area contributed by atoms with Crippen LogP contribution >= 0.6 is 0 Å². The Morgan fingerprint density at radius 1 is 1.25 bits per heavy atom. The maximum Gasteiger partial charge on any atom is 0.266 e. The summed E-state index contributed by atoms with van der Waals surface area (Å²) in [6, 6.07) is 11.3. The molecule has 4 heteroatoms. The van der Waals surface area contributed by atoms with Crippen LogP contribution in [0, 0.1) is 13.8 Å². The van der Waals surface area contributed by atoms with Crippen molar-refractivity contribution >= 4 is 11.7 Å². The minimum Gasteiger partial charge on any atom is -0.481 e. The molecule has 20 heavy (non-hydrogen) atoms. The van der Waals surface area contributed by atoms with E-state index in [1.54, 1.807) is 13.1 Å². The lowest BCUT2D eigenvalue weighted by atomic mass is 10.2. The van der Waals surface area contributed by atoms with Crippen LogP contribution in [0.25, 0.3) is 0 Å². The summed E-state index contributed by atoms with van der Waals surface area (Å²) < 4.78 is 5.67. The van der Waals surface area contributed by atoms with Crippen molar-refractivity contribution < 1.29 is 9.53 Å². The van der Waals surface area contributed by atoms with E-state index in [0.717, 1.165) is 11.1 Å². The first-order chi connectivity index (χ1) is 9.56. The van der Waals surface area contributed by atoms with Gasteiger partial charge in [0, 0.05) is 6.20 Å². The monoisotopic (exact) mass is 270 g/mol. The van der Waals surface area contributed by atoms with Gasteiger partial charge in [-0.3, -0.25) is 4.79 Å². The molecule has 1 heterocycles. The maximum absolute atomic E-state index is 12.1. The molecule has 0 aliphatic heterocycles. The number of benzene rings is 1. The highest BCUT2D eigenvalue weighted by molar-refractivity contribution is 5.93. The molecule has 104 valence electrons. The first-order valence-corrected chi connectivity index (χ1v) is 6.52. The van der Waals surface area contributed by atoms with Gasteiger partial charge in [0.05, 0.1) is 0 Å². The van der Waals surface area contributed by atoms with Crippen molar-refractivity contribution in [2.24, 2.45) is 0 Å². The van der Waals surface area contributed by atoms with Crippen molar-refractivity contribution in [3.05, 3.63) is 53.7 Å². The second-order valence-corrected chi connectivity index (χ2v) is 4.73. The molecule has 0 spiro atoms. The van der Waals surface area contributed by atoms with Crippen molar-refractivity contribution in [2.45, 2.75) is 26.9 Å². The second kappa shape index (κ2) is 6.19. The predicted octanol–water partition coefficient (Wildman–Crippen LogP) is 3.10. The van der Waals surface area contributed by atoms with Gasteiger partial charge < -0.3 is 10.1 Å². The molecule has 4 nitrogen and oxygen atoms in total. The van der Waals surface area contributed by atoms with Crippen LogP contribution in [0.15, 0.2) is 42.6 Å². The van der Waals surface area contributed by atoms with E-state index in [4.69, 9.17) is 4.74 Å². The van der Waals surface area contributed by atoms with Gasteiger partial charge >= 0.3 is 0 Å². The third-order valence-electron chi connectivity index (χ3n) is 2.93. The molecule has 1 amide bonds. The minimum atomic E-state index is -0.585. The van der Waals surface area contributed by atoms with Gasteiger partial charge in [0.1, 0.15) is 11.6 Å². The van der Waals surface area contributed by atoms with E-state index in [0.29, 0.717) is 11.6 Å². The lowest BCUT2D eigenvalue weighted by Gasteiger charge is -2.15. The molecule has 2 aromatic rings. The van der Waals surface area contributed by atoms with Crippen molar-refractivity contribution in [1.29, 1.82) is 0 Å². The number of nitrogens with one attached hydrogen (secondary N) is 1. The fraction of sp³-hybridized carbons (Fsp3) is 0.250. The Bertz CT molecular complexity index is 611. The first-order valence-electron chi connectivity index (χ1n) is 6.52. The lowest BCUT2D eigenvalue weighted by molar-refractivity contribution is -0.122. The molecular weight excluding hydrogens is 252 g/mol. The van der Waals surface area contributed by atoms with Crippen molar-refractivity contribution in [3.63, 3.8) is 0 Å². The smallest absolute Gasteiger partial charge is 0.266 e. The second-order valence-electron chi connectivity index (χ2n) is 4.73. The highest BCUT2D eigenvalue weighted by Crippen LogP contribution is 2.18. The van der Waals surface area contributed by atoms with E-state index in [2.05, 4.69) is 10.3 Å². The van der Waals surface area contributed by atoms with Gasteiger partial charge in [-0.15, -0.1) is 0 Å². The van der Waals surface area contributed by atoms with Crippen LogP contribution in [0.1, 0.15) is 18.1 Å². The topological polar surface area (TPSA) is 51.2 Å². The molecule has 2 rings (SSSR count). The standard InChI is InChI=1S/C16H18N2O2/c1-11-8-9-17-15(10-11)18-16(19)13(3)20-14-7-5-4-6-12(14)2/h4-10,13H,1-3H3,(H,17,18,19)/t13-/m0/s1. The Morgan fingerprint density at radius 3 is 2.70 bits per heavy atom. The molecule has 0 aliphatic carbocycles. The highest BCUT2D eigenvalue weighted by atomic mass is 16.5. The predicted molar refractivity (Wildman–Crippen MR) is 78.9 cm³/mol. The fourth-order valence-electron chi connectivity index (χ4n) is 1.77. The minimum absolute atomic E-state index is 0.216.